The summed E-state index contributed by atoms with van der Waals surface area (Å²) < 4.78 is 5.22. The maximum Gasteiger partial charge on any atom is 0.326 e. The van der Waals surface area contributed by atoms with E-state index in [0.717, 1.165) is 11.3 Å². The van der Waals surface area contributed by atoms with Crippen LogP contribution in [0.4, 0.5) is 44.8 Å². The number of carbonyl (C=O) groups excluding carboxylic acids is 2. The van der Waals surface area contributed by atoms with Crippen molar-refractivity contribution in [1.29, 1.82) is 0 Å². The van der Waals surface area contributed by atoms with E-state index in [9.17, 15) is 9.59 Å². The van der Waals surface area contributed by atoms with Gasteiger partial charge in [-0.15, -0.1) is 11.3 Å². The number of nitrogens with one attached hydrogen (secondary N) is 5. The third-order valence-corrected chi connectivity index (χ3v) is 6.22. The molecule has 2 heterocycles. The smallest absolute Gasteiger partial charge is 0.326 e. The molecule has 5 N–H and O–H groups in total. The molecular formula is C28H25N9O3S. The molecule has 0 spiro atoms. The second-order valence-electron chi connectivity index (χ2n) is 8.53. The van der Waals surface area contributed by atoms with Crippen LogP contribution in [0.15, 0.2) is 84.2 Å². The predicted molar refractivity (Wildman–Crippen MR) is 160 cm³/mol. The van der Waals surface area contributed by atoms with Crippen LogP contribution in [0, 0.1) is 0 Å². The van der Waals surface area contributed by atoms with Gasteiger partial charge >= 0.3 is 6.03 Å². The lowest BCUT2D eigenvalue weighted by Crippen LogP contribution is -2.21. The number of hydrogen-bond donors (Lipinski definition) is 5. The number of amides is 3. The highest BCUT2D eigenvalue weighted by Crippen LogP contribution is 2.28. The minimum Gasteiger partial charge on any atom is -0.497 e. The fourth-order valence-corrected chi connectivity index (χ4v) is 4.33. The van der Waals surface area contributed by atoms with E-state index in [1.807, 2.05) is 60.0 Å². The van der Waals surface area contributed by atoms with Gasteiger partial charge < -0.3 is 20.7 Å². The quantitative estimate of drug-likeness (QED) is 0.142. The molecule has 0 aliphatic carbocycles. The van der Waals surface area contributed by atoms with E-state index in [2.05, 4.69) is 46.5 Å². The molecular weight excluding hydrogens is 542 g/mol. The Morgan fingerprint density at radius 3 is 2.00 bits per heavy atom. The van der Waals surface area contributed by atoms with Gasteiger partial charge in [0.25, 0.3) is 0 Å². The molecule has 41 heavy (non-hydrogen) atoms. The molecule has 3 amide bonds. The summed E-state index contributed by atoms with van der Waals surface area (Å²) in [4.78, 5) is 41.7. The van der Waals surface area contributed by atoms with Crippen LogP contribution >= 0.6 is 11.3 Å². The molecule has 0 atom stereocenters. The van der Waals surface area contributed by atoms with Gasteiger partial charge in [-0.25, -0.2) is 9.78 Å². The standard InChI is InChI=1S/C28H25N9O3S/c1-17(38)29-20-10-8-18(9-11-20)23-16-41-28(32-23)37-26-34-24(30-21-12-14-22(40-2)15-13-21)33-25(35-26)36-27(39)31-19-6-4-3-5-7-19/h3-16H,1-2H3,(H,29,38)(H4,30,31,32,33,34,35,36,37,39). The van der Waals surface area contributed by atoms with E-state index < -0.39 is 6.03 Å². The largest absolute Gasteiger partial charge is 0.497 e. The third-order valence-electron chi connectivity index (χ3n) is 5.46. The van der Waals surface area contributed by atoms with Gasteiger partial charge in [-0.1, -0.05) is 30.3 Å². The van der Waals surface area contributed by atoms with E-state index in [1.54, 1.807) is 31.4 Å². The van der Waals surface area contributed by atoms with Crippen molar-refractivity contribution < 1.29 is 14.3 Å². The summed E-state index contributed by atoms with van der Waals surface area (Å²) in [5.74, 6) is 0.971. The average molecular weight is 568 g/mol. The molecule has 0 bridgehead atoms. The number of ether oxygens (including phenoxy) is 1. The zero-order valence-corrected chi connectivity index (χ0v) is 22.8. The van der Waals surface area contributed by atoms with Crippen molar-refractivity contribution in [1.82, 2.24) is 19.9 Å². The number of thiazole rings is 1. The van der Waals surface area contributed by atoms with E-state index >= 15 is 0 Å². The van der Waals surface area contributed by atoms with Gasteiger partial charge in [0.2, 0.25) is 23.8 Å². The number of rotatable bonds is 9. The number of carbonyl (C=O) groups is 2. The van der Waals surface area contributed by atoms with Crippen molar-refractivity contribution in [3.05, 3.63) is 84.2 Å². The lowest BCUT2D eigenvalue weighted by Gasteiger charge is -2.11. The Bertz CT molecular complexity index is 1640. The van der Waals surface area contributed by atoms with Crippen LogP contribution in [-0.4, -0.2) is 39.0 Å². The number of nitrogens with zero attached hydrogens (tertiary/aromatic N) is 4. The predicted octanol–water partition coefficient (Wildman–Crippen LogP) is 6.09. The number of methoxy groups -OCH3 is 1. The van der Waals surface area contributed by atoms with Crippen molar-refractivity contribution >= 4 is 63.3 Å². The van der Waals surface area contributed by atoms with E-state index in [1.165, 1.54) is 18.3 Å². The summed E-state index contributed by atoms with van der Waals surface area (Å²) >= 11 is 1.36. The highest BCUT2D eigenvalue weighted by molar-refractivity contribution is 7.14. The number of para-hydroxylation sites is 1. The van der Waals surface area contributed by atoms with E-state index in [4.69, 9.17) is 4.74 Å². The van der Waals surface area contributed by atoms with Crippen molar-refractivity contribution in [2.75, 3.05) is 33.7 Å². The molecule has 0 radical (unpaired) electrons. The molecule has 12 nitrogen and oxygen atoms in total. The van der Waals surface area contributed by atoms with Crippen molar-refractivity contribution in [3.8, 4) is 17.0 Å². The Labute approximate surface area is 239 Å². The summed E-state index contributed by atoms with van der Waals surface area (Å²) in [5, 5.41) is 16.8. The van der Waals surface area contributed by atoms with E-state index in [-0.39, 0.29) is 23.8 Å². The van der Waals surface area contributed by atoms with Crippen molar-refractivity contribution in [2.45, 2.75) is 6.92 Å². The van der Waals surface area contributed by atoms with Gasteiger partial charge in [-0.3, -0.25) is 15.4 Å². The number of aromatic nitrogens is 4. The number of benzene rings is 3. The summed E-state index contributed by atoms with van der Waals surface area (Å²) in [6, 6.07) is 23.1. The number of hydrogen-bond acceptors (Lipinski definition) is 10. The van der Waals surface area contributed by atoms with Crippen molar-refractivity contribution in [3.63, 3.8) is 0 Å². The SMILES string of the molecule is COc1ccc(Nc2nc(NC(=O)Nc3ccccc3)nc(Nc3nc(-c4ccc(NC(C)=O)cc4)cs3)n2)cc1. The van der Waals surface area contributed by atoms with Crippen LogP contribution in [0.2, 0.25) is 0 Å². The minimum atomic E-state index is -0.511. The Morgan fingerprint density at radius 2 is 1.32 bits per heavy atom. The zero-order valence-electron chi connectivity index (χ0n) is 22.0. The summed E-state index contributed by atoms with van der Waals surface area (Å²) in [5.41, 5.74) is 3.64. The monoisotopic (exact) mass is 567 g/mol. The molecule has 5 aromatic rings. The van der Waals surface area contributed by atoms with Crippen LogP contribution in [0.5, 0.6) is 5.75 Å². The summed E-state index contributed by atoms with van der Waals surface area (Å²) in [6.45, 7) is 1.46. The molecule has 0 saturated heterocycles. The molecule has 3 aromatic carbocycles. The van der Waals surface area contributed by atoms with Gasteiger partial charge in [-0.05, 0) is 48.5 Å². The molecule has 2 aromatic heterocycles. The van der Waals surface area contributed by atoms with Gasteiger partial charge in [-0.2, -0.15) is 15.0 Å². The number of urea groups is 1. The van der Waals surface area contributed by atoms with Crippen LogP contribution in [0.3, 0.4) is 0 Å². The van der Waals surface area contributed by atoms with Gasteiger partial charge in [0, 0.05) is 34.9 Å². The molecule has 5 rings (SSSR count). The first-order valence-electron chi connectivity index (χ1n) is 12.3. The highest BCUT2D eigenvalue weighted by atomic mass is 32.1. The van der Waals surface area contributed by atoms with Gasteiger partial charge in [0.15, 0.2) is 5.13 Å². The van der Waals surface area contributed by atoms with Gasteiger partial charge in [0.1, 0.15) is 5.75 Å². The highest BCUT2D eigenvalue weighted by Gasteiger charge is 2.13. The van der Waals surface area contributed by atoms with Crippen LogP contribution < -0.4 is 31.3 Å². The van der Waals surface area contributed by atoms with Crippen LogP contribution in [0.25, 0.3) is 11.3 Å². The molecule has 0 fully saturated rings. The second-order valence-corrected chi connectivity index (χ2v) is 9.38. The average Bonchev–Trinajstić information content (AvgIpc) is 3.42. The maximum atomic E-state index is 12.6. The molecule has 0 saturated carbocycles. The first-order valence-corrected chi connectivity index (χ1v) is 13.2. The number of anilines is 7. The van der Waals surface area contributed by atoms with Crippen LogP contribution in [0.1, 0.15) is 6.92 Å². The third kappa shape index (κ3) is 7.52. The maximum absolute atomic E-state index is 12.6. The lowest BCUT2D eigenvalue weighted by molar-refractivity contribution is -0.114. The summed E-state index contributed by atoms with van der Waals surface area (Å²) in [6.07, 6.45) is 0. The van der Waals surface area contributed by atoms with Gasteiger partial charge in [0.05, 0.1) is 12.8 Å². The topological polar surface area (TPSA) is 155 Å². The molecule has 0 aliphatic rings. The molecule has 0 aliphatic heterocycles. The zero-order chi connectivity index (χ0) is 28.6. The minimum absolute atomic E-state index is 0.0253. The molecule has 13 heteroatoms. The first kappa shape index (κ1) is 27.0. The Balaban J connectivity index is 1.36. The Hall–Kier alpha value is -5.56. The second kappa shape index (κ2) is 12.5. The molecule has 206 valence electrons. The Kier molecular flexibility index (Phi) is 8.26. The fraction of sp³-hybridized carbons (Fsp3) is 0.0714. The fourth-order valence-electron chi connectivity index (χ4n) is 3.62. The van der Waals surface area contributed by atoms with E-state index in [0.29, 0.717) is 27.9 Å². The summed E-state index contributed by atoms with van der Waals surface area (Å²) in [7, 11) is 1.59. The lowest BCUT2D eigenvalue weighted by atomic mass is 10.1. The normalized spacial score (nSPS) is 10.4. The van der Waals surface area contributed by atoms with Crippen LogP contribution in [-0.2, 0) is 4.79 Å². The van der Waals surface area contributed by atoms with Crippen molar-refractivity contribution in [2.24, 2.45) is 0 Å². The molecule has 0 unspecified atom stereocenters. The first-order chi connectivity index (χ1) is 19.9. The Morgan fingerprint density at radius 1 is 0.683 bits per heavy atom.